The molecule has 0 aliphatic carbocycles. The van der Waals surface area contributed by atoms with E-state index in [0.717, 1.165) is 27.7 Å². The number of nitrogens with one attached hydrogen (secondary N) is 1. The molecule has 0 radical (unpaired) electrons. The summed E-state index contributed by atoms with van der Waals surface area (Å²) in [5.41, 5.74) is 7.69. The Morgan fingerprint density at radius 3 is 2.50 bits per heavy atom. The second-order valence-electron chi connectivity index (χ2n) is 6.97. The number of nitrogens with two attached hydrogens (primary N) is 1. The molecular weight excluding hydrogens is 368 g/mol. The summed E-state index contributed by atoms with van der Waals surface area (Å²) >= 11 is 1.71. The Balaban J connectivity index is 1.88. The number of carbonyl (C=O) groups is 2. The van der Waals surface area contributed by atoms with Gasteiger partial charge < -0.3 is 11.1 Å². The van der Waals surface area contributed by atoms with E-state index in [9.17, 15) is 9.59 Å². The quantitative estimate of drug-likeness (QED) is 0.715. The first-order valence-electron chi connectivity index (χ1n) is 9.38. The maximum atomic E-state index is 13.1. The normalized spacial score (nSPS) is 20.9. The van der Waals surface area contributed by atoms with E-state index in [1.54, 1.807) is 11.8 Å². The Morgan fingerprint density at radius 1 is 1.00 bits per heavy atom. The van der Waals surface area contributed by atoms with Gasteiger partial charge in [0.2, 0.25) is 11.8 Å². The Bertz CT molecular complexity index is 1000. The molecule has 1 saturated heterocycles. The molecule has 3 N–H and O–H groups in total. The smallest absolute Gasteiger partial charge is 0.225 e. The van der Waals surface area contributed by atoms with Gasteiger partial charge in [0.15, 0.2) is 0 Å². The Kier molecular flexibility index (Phi) is 5.35. The maximum Gasteiger partial charge on any atom is 0.225 e. The van der Waals surface area contributed by atoms with Crippen LogP contribution in [0.3, 0.4) is 0 Å². The Morgan fingerprint density at radius 2 is 1.71 bits per heavy atom. The van der Waals surface area contributed by atoms with Crippen molar-refractivity contribution >= 4 is 34.3 Å². The molecule has 1 aliphatic rings. The minimum absolute atomic E-state index is 0.115. The highest BCUT2D eigenvalue weighted by molar-refractivity contribution is 7.99. The van der Waals surface area contributed by atoms with Crippen LogP contribution in [0.4, 0.5) is 0 Å². The van der Waals surface area contributed by atoms with E-state index in [4.69, 9.17) is 5.73 Å². The van der Waals surface area contributed by atoms with Gasteiger partial charge in [-0.15, -0.1) is 0 Å². The van der Waals surface area contributed by atoms with Gasteiger partial charge in [-0.2, -0.15) is 11.8 Å². The number of thioether (sulfide) groups is 1. The second-order valence-corrected chi connectivity index (χ2v) is 8.22. The average molecular weight is 391 g/mol. The summed E-state index contributed by atoms with van der Waals surface area (Å²) in [6, 6.07) is 23.7. The molecule has 0 saturated carbocycles. The van der Waals surface area contributed by atoms with E-state index in [1.165, 1.54) is 0 Å². The topological polar surface area (TPSA) is 72.2 Å². The van der Waals surface area contributed by atoms with Gasteiger partial charge in [0.1, 0.15) is 0 Å². The van der Waals surface area contributed by atoms with Crippen LogP contribution in [0, 0.1) is 5.92 Å². The zero-order valence-electron chi connectivity index (χ0n) is 15.4. The van der Waals surface area contributed by atoms with Gasteiger partial charge >= 0.3 is 0 Å². The summed E-state index contributed by atoms with van der Waals surface area (Å²) in [6.45, 7) is 0.585. The lowest BCUT2D eigenvalue weighted by molar-refractivity contribution is -0.130. The lowest BCUT2D eigenvalue weighted by Crippen LogP contribution is -2.40. The van der Waals surface area contributed by atoms with E-state index in [2.05, 4.69) is 29.6 Å². The van der Waals surface area contributed by atoms with Crippen molar-refractivity contribution in [2.24, 2.45) is 11.7 Å². The van der Waals surface area contributed by atoms with Gasteiger partial charge in [-0.1, -0.05) is 72.8 Å². The van der Waals surface area contributed by atoms with Gasteiger partial charge in [0.05, 0.1) is 11.8 Å². The first kappa shape index (κ1) is 18.6. The molecule has 1 fully saturated rings. The lowest BCUT2D eigenvalue weighted by atomic mass is 9.79. The average Bonchev–Trinajstić information content (AvgIpc) is 2.90. The van der Waals surface area contributed by atoms with Crippen molar-refractivity contribution in [3.05, 3.63) is 83.9 Å². The number of hydrogen-bond donors (Lipinski definition) is 2. The standard InChI is InChI=1S/C23H22N2O2S/c24-22(26)19(16-8-2-1-3-9-16)20-21(28-14-13-25-23(20)27)18-12-6-10-15-7-4-5-11-17(15)18/h1-12,19-21H,13-14H2,(H2,24,26)(H,25,27)/t19?,20-,21-/m0/s1. The van der Waals surface area contributed by atoms with Crippen LogP contribution in [0.15, 0.2) is 72.8 Å². The number of benzene rings is 3. The highest BCUT2D eigenvalue weighted by Gasteiger charge is 2.42. The van der Waals surface area contributed by atoms with Crippen molar-refractivity contribution < 1.29 is 9.59 Å². The van der Waals surface area contributed by atoms with Gasteiger partial charge in [-0.3, -0.25) is 9.59 Å². The van der Waals surface area contributed by atoms with Crippen molar-refractivity contribution in [3.8, 4) is 0 Å². The molecule has 1 heterocycles. The third-order valence-corrected chi connectivity index (χ3v) is 6.63. The SMILES string of the molecule is NC(=O)C(c1ccccc1)[C@@H]1C(=O)NCCS[C@H]1c1cccc2ccccc12. The van der Waals surface area contributed by atoms with Gasteiger partial charge in [0.25, 0.3) is 0 Å². The van der Waals surface area contributed by atoms with Gasteiger partial charge in [0, 0.05) is 17.5 Å². The monoisotopic (exact) mass is 390 g/mol. The number of amides is 2. The first-order valence-corrected chi connectivity index (χ1v) is 10.4. The third kappa shape index (κ3) is 3.50. The predicted molar refractivity (Wildman–Crippen MR) is 114 cm³/mol. The first-order chi connectivity index (χ1) is 13.7. The largest absolute Gasteiger partial charge is 0.369 e. The van der Waals surface area contributed by atoms with Crippen LogP contribution in [-0.2, 0) is 9.59 Å². The molecule has 2 amide bonds. The van der Waals surface area contributed by atoms with E-state index in [0.29, 0.717) is 6.54 Å². The van der Waals surface area contributed by atoms with Crippen LogP contribution in [-0.4, -0.2) is 24.1 Å². The van der Waals surface area contributed by atoms with Crippen LogP contribution in [0.5, 0.6) is 0 Å². The van der Waals surface area contributed by atoms with Crippen LogP contribution >= 0.6 is 11.8 Å². The van der Waals surface area contributed by atoms with E-state index >= 15 is 0 Å². The lowest BCUT2D eigenvalue weighted by Gasteiger charge is -2.30. The molecule has 3 aromatic carbocycles. The molecule has 142 valence electrons. The zero-order chi connectivity index (χ0) is 19.5. The number of rotatable bonds is 4. The second kappa shape index (κ2) is 8.07. The molecule has 28 heavy (non-hydrogen) atoms. The molecule has 5 heteroatoms. The van der Waals surface area contributed by atoms with Crippen molar-refractivity contribution in [1.82, 2.24) is 5.32 Å². The fourth-order valence-corrected chi connectivity index (χ4v) is 5.38. The summed E-state index contributed by atoms with van der Waals surface area (Å²) in [4.78, 5) is 25.7. The number of fused-ring (bicyclic) bond motifs is 1. The van der Waals surface area contributed by atoms with E-state index in [-0.39, 0.29) is 11.2 Å². The van der Waals surface area contributed by atoms with Crippen molar-refractivity contribution in [2.75, 3.05) is 12.3 Å². The minimum atomic E-state index is -0.684. The van der Waals surface area contributed by atoms with Crippen LogP contribution in [0.25, 0.3) is 10.8 Å². The maximum absolute atomic E-state index is 13.1. The summed E-state index contributed by atoms with van der Waals surface area (Å²) in [5.74, 6) is -1.06. The molecule has 4 rings (SSSR count). The van der Waals surface area contributed by atoms with Crippen molar-refractivity contribution in [2.45, 2.75) is 11.2 Å². The van der Waals surface area contributed by atoms with Crippen LogP contribution in [0.1, 0.15) is 22.3 Å². The van der Waals surface area contributed by atoms with Gasteiger partial charge in [-0.05, 0) is 21.9 Å². The van der Waals surface area contributed by atoms with Gasteiger partial charge in [-0.25, -0.2) is 0 Å². The van der Waals surface area contributed by atoms with E-state index in [1.807, 2.05) is 48.5 Å². The van der Waals surface area contributed by atoms with Crippen LogP contribution in [0.2, 0.25) is 0 Å². The van der Waals surface area contributed by atoms with Crippen LogP contribution < -0.4 is 11.1 Å². The molecule has 1 aliphatic heterocycles. The molecular formula is C23H22N2O2S. The Labute approximate surface area is 168 Å². The molecule has 1 unspecified atom stereocenters. The van der Waals surface area contributed by atoms with E-state index < -0.39 is 17.7 Å². The Hall–Kier alpha value is -2.79. The minimum Gasteiger partial charge on any atom is -0.369 e. The van der Waals surface area contributed by atoms with Crippen molar-refractivity contribution in [1.29, 1.82) is 0 Å². The summed E-state index contributed by atoms with van der Waals surface area (Å²) in [7, 11) is 0. The number of carbonyl (C=O) groups excluding carboxylic acids is 2. The molecule has 0 spiro atoms. The molecule has 0 aromatic heterocycles. The zero-order valence-corrected chi connectivity index (χ0v) is 16.2. The summed E-state index contributed by atoms with van der Waals surface area (Å²) in [6.07, 6.45) is 0. The van der Waals surface area contributed by atoms with Crippen molar-refractivity contribution in [3.63, 3.8) is 0 Å². The molecule has 3 aromatic rings. The summed E-state index contributed by atoms with van der Waals surface area (Å²) in [5, 5.41) is 5.05. The highest BCUT2D eigenvalue weighted by atomic mass is 32.2. The molecule has 4 nitrogen and oxygen atoms in total. The predicted octanol–water partition coefficient (Wildman–Crippen LogP) is 3.63. The number of hydrogen-bond acceptors (Lipinski definition) is 3. The third-order valence-electron chi connectivity index (χ3n) is 5.28. The summed E-state index contributed by atoms with van der Waals surface area (Å²) < 4.78 is 0. The number of primary amides is 1. The molecule has 3 atom stereocenters. The molecule has 0 bridgehead atoms. The fourth-order valence-electron chi connectivity index (χ4n) is 4.04. The fraction of sp³-hybridized carbons (Fsp3) is 0.217. The highest BCUT2D eigenvalue weighted by Crippen LogP contribution is 2.46.